The summed E-state index contributed by atoms with van der Waals surface area (Å²) < 4.78 is 18.0. The summed E-state index contributed by atoms with van der Waals surface area (Å²) in [6.45, 7) is 9.15. The van der Waals surface area contributed by atoms with Gasteiger partial charge >= 0.3 is 0 Å². The van der Waals surface area contributed by atoms with Crippen molar-refractivity contribution >= 4 is 52.4 Å². The largest absolute Gasteiger partial charge is 0.378 e. The molecule has 0 aliphatic rings. The molecule has 0 radical (unpaired) electrons. The van der Waals surface area contributed by atoms with E-state index in [1.54, 1.807) is 26.0 Å². The van der Waals surface area contributed by atoms with E-state index in [0.29, 0.717) is 24.9 Å². The van der Waals surface area contributed by atoms with Crippen molar-refractivity contribution in [3.05, 3.63) is 101 Å². The first-order chi connectivity index (χ1) is 33.0. The van der Waals surface area contributed by atoms with Crippen LogP contribution < -0.4 is 21.3 Å². The lowest BCUT2D eigenvalue weighted by Gasteiger charge is -2.34. The van der Waals surface area contributed by atoms with Crippen LogP contribution in [0.15, 0.2) is 72.8 Å². The maximum absolute atomic E-state index is 13.5. The van der Waals surface area contributed by atoms with Crippen LogP contribution in [-0.4, -0.2) is 105 Å². The fraction of sp³-hybridized carbons (Fsp3) is 0.519. The normalized spacial score (nSPS) is 11.9. The van der Waals surface area contributed by atoms with Gasteiger partial charge in [0.05, 0.1) is 39.6 Å². The number of aryl methyl sites for hydroxylation is 3. The number of hydrogen-bond donors (Lipinski definition) is 4. The Morgan fingerprint density at radius 2 is 0.899 bits per heavy atom. The van der Waals surface area contributed by atoms with Crippen molar-refractivity contribution in [2.75, 3.05) is 58.0 Å². The minimum absolute atomic E-state index is 0.00158. The van der Waals surface area contributed by atoms with Crippen molar-refractivity contribution in [2.24, 2.45) is 5.92 Å². The molecule has 0 aliphatic carbocycles. The molecule has 0 saturated carbocycles. The number of Topliss-reactive ketones (excluding diaryl/α,β-unsaturated/α-hetero) is 4. The highest BCUT2D eigenvalue weighted by atomic mass is 16.5. The molecule has 4 amide bonds. The molecule has 376 valence electrons. The molecule has 1 atom stereocenters. The monoisotopic (exact) mass is 955 g/mol. The SMILES string of the molecule is Cc1ccc(CC(=O)CCCC(=O)CCOCC(COCCC(=O)NCCC(=O)Cc2ccc(C)cc2)(COCCC(=O)NCCC(=O)Nc2ccc(C)cc2)NC(=O)CCCC(=O)C(C)C)cc1. The van der Waals surface area contributed by atoms with Gasteiger partial charge in [0.25, 0.3) is 0 Å². The highest BCUT2D eigenvalue weighted by Crippen LogP contribution is 2.15. The predicted octanol–water partition coefficient (Wildman–Crippen LogP) is 6.40. The Hall–Kier alpha value is -5.90. The summed E-state index contributed by atoms with van der Waals surface area (Å²) in [6.07, 6.45) is 2.21. The first-order valence-electron chi connectivity index (χ1n) is 24.1. The van der Waals surface area contributed by atoms with Crippen LogP contribution >= 0.6 is 0 Å². The minimum Gasteiger partial charge on any atom is -0.378 e. The molecule has 0 bridgehead atoms. The van der Waals surface area contributed by atoms with Gasteiger partial charge in [-0.2, -0.15) is 0 Å². The Labute approximate surface area is 408 Å². The first kappa shape index (κ1) is 57.4. The summed E-state index contributed by atoms with van der Waals surface area (Å²) in [7, 11) is 0. The molecule has 0 saturated heterocycles. The van der Waals surface area contributed by atoms with E-state index in [-0.39, 0.29) is 164 Å². The summed E-state index contributed by atoms with van der Waals surface area (Å²) in [6, 6.07) is 22.8. The molecule has 0 aromatic heterocycles. The van der Waals surface area contributed by atoms with Crippen molar-refractivity contribution in [3.8, 4) is 0 Å². The van der Waals surface area contributed by atoms with Crippen molar-refractivity contribution in [1.82, 2.24) is 16.0 Å². The van der Waals surface area contributed by atoms with Crippen LogP contribution in [0.2, 0.25) is 0 Å². The van der Waals surface area contributed by atoms with E-state index in [4.69, 9.17) is 14.2 Å². The van der Waals surface area contributed by atoms with Gasteiger partial charge in [0.2, 0.25) is 23.6 Å². The lowest BCUT2D eigenvalue weighted by molar-refractivity contribution is -0.131. The maximum atomic E-state index is 13.5. The highest BCUT2D eigenvalue weighted by molar-refractivity contribution is 5.91. The van der Waals surface area contributed by atoms with E-state index >= 15 is 0 Å². The van der Waals surface area contributed by atoms with Crippen LogP contribution in [0, 0.1) is 26.7 Å². The van der Waals surface area contributed by atoms with E-state index < -0.39 is 11.4 Å². The van der Waals surface area contributed by atoms with Gasteiger partial charge in [0.1, 0.15) is 28.7 Å². The Morgan fingerprint density at radius 1 is 0.464 bits per heavy atom. The van der Waals surface area contributed by atoms with Crippen molar-refractivity contribution < 1.29 is 52.6 Å². The van der Waals surface area contributed by atoms with Gasteiger partial charge in [-0.1, -0.05) is 91.2 Å². The Kier molecular flexibility index (Phi) is 26.6. The molecular weight excluding hydrogens is 881 g/mol. The molecule has 69 heavy (non-hydrogen) atoms. The molecule has 0 fully saturated rings. The van der Waals surface area contributed by atoms with Crippen LogP contribution in [0.5, 0.6) is 0 Å². The standard InChI is InChI=1S/C54H74N4O11/c1-39(2)49(62)10-7-11-53(66)58-54(36-67-31-26-46(59)8-6-9-47(60)34-43-18-12-40(3)13-19-43,37-68-32-27-50(63)55-29-24-48(61)35-44-20-14-41(4)15-21-44)38-69-33-28-51(64)56-30-25-52(65)57-45-22-16-42(5)17-23-45/h12-23,39H,6-11,24-38H2,1-5H3,(H,55,63)(H,56,64)(H,57,65)(H,58,66). The lowest BCUT2D eigenvalue weighted by atomic mass is 10.0. The average Bonchev–Trinajstić information content (AvgIpc) is 3.30. The minimum atomic E-state index is -1.34. The smallest absolute Gasteiger partial charge is 0.226 e. The molecular formula is C54H74N4O11. The van der Waals surface area contributed by atoms with Crippen molar-refractivity contribution in [3.63, 3.8) is 0 Å². The number of benzene rings is 3. The number of hydrogen-bond acceptors (Lipinski definition) is 11. The number of ketones is 4. The predicted molar refractivity (Wildman–Crippen MR) is 265 cm³/mol. The molecule has 15 nitrogen and oxygen atoms in total. The third-order valence-corrected chi connectivity index (χ3v) is 11.2. The Morgan fingerprint density at radius 3 is 1.41 bits per heavy atom. The van der Waals surface area contributed by atoms with E-state index in [0.717, 1.165) is 27.8 Å². The van der Waals surface area contributed by atoms with E-state index in [2.05, 4.69) is 21.3 Å². The van der Waals surface area contributed by atoms with Crippen LogP contribution in [0.1, 0.15) is 112 Å². The van der Waals surface area contributed by atoms with Gasteiger partial charge in [-0.05, 0) is 56.9 Å². The van der Waals surface area contributed by atoms with Crippen LogP contribution in [0.4, 0.5) is 5.69 Å². The summed E-state index contributed by atoms with van der Waals surface area (Å²) >= 11 is 0. The van der Waals surface area contributed by atoms with Gasteiger partial charge in [-0.3, -0.25) is 38.4 Å². The fourth-order valence-corrected chi connectivity index (χ4v) is 6.97. The highest BCUT2D eigenvalue weighted by Gasteiger charge is 2.34. The molecule has 15 heteroatoms. The molecule has 1 unspecified atom stereocenters. The number of carbonyl (C=O) groups is 8. The second kappa shape index (κ2) is 32.0. The first-order valence-corrected chi connectivity index (χ1v) is 24.1. The Bertz CT molecular complexity index is 1900. The Balaban J connectivity index is 1.58. The second-order valence-electron chi connectivity index (χ2n) is 18.1. The number of anilines is 1. The molecule has 4 N–H and O–H groups in total. The number of amides is 4. The van der Waals surface area contributed by atoms with Gasteiger partial charge in [0, 0.05) is 95.3 Å². The van der Waals surface area contributed by atoms with Gasteiger partial charge in [-0.25, -0.2) is 0 Å². The summed E-state index contributed by atoms with van der Waals surface area (Å²) in [5, 5.41) is 11.2. The van der Waals surface area contributed by atoms with Crippen LogP contribution in [-0.2, 0) is 65.4 Å². The summed E-state index contributed by atoms with van der Waals surface area (Å²) in [5.41, 5.74) is 4.42. The zero-order chi connectivity index (χ0) is 50.4. The quantitative estimate of drug-likeness (QED) is 0.0469. The molecule has 0 spiro atoms. The van der Waals surface area contributed by atoms with Crippen LogP contribution in [0.3, 0.4) is 0 Å². The van der Waals surface area contributed by atoms with Gasteiger partial charge in [-0.15, -0.1) is 0 Å². The van der Waals surface area contributed by atoms with E-state index in [1.807, 2.05) is 81.4 Å². The average molecular weight is 955 g/mol. The van der Waals surface area contributed by atoms with E-state index in [1.165, 1.54) is 0 Å². The zero-order valence-electron chi connectivity index (χ0n) is 41.3. The maximum Gasteiger partial charge on any atom is 0.226 e. The lowest BCUT2D eigenvalue weighted by Crippen LogP contribution is -2.58. The third-order valence-electron chi connectivity index (χ3n) is 11.2. The molecule has 3 aromatic carbocycles. The third kappa shape index (κ3) is 25.9. The number of carbonyl (C=O) groups excluding carboxylic acids is 8. The fourth-order valence-electron chi connectivity index (χ4n) is 6.97. The van der Waals surface area contributed by atoms with Gasteiger partial charge in [0.15, 0.2) is 0 Å². The topological polar surface area (TPSA) is 212 Å². The molecule has 3 rings (SSSR count). The molecule has 3 aromatic rings. The zero-order valence-corrected chi connectivity index (χ0v) is 41.3. The summed E-state index contributed by atoms with van der Waals surface area (Å²) in [4.78, 5) is 102. The van der Waals surface area contributed by atoms with Crippen molar-refractivity contribution in [2.45, 2.75) is 124 Å². The molecule has 0 heterocycles. The van der Waals surface area contributed by atoms with Crippen LogP contribution in [0.25, 0.3) is 0 Å². The number of nitrogens with one attached hydrogen (secondary N) is 4. The van der Waals surface area contributed by atoms with E-state index in [9.17, 15) is 38.4 Å². The molecule has 0 aliphatic heterocycles. The number of rotatable bonds is 36. The van der Waals surface area contributed by atoms with Gasteiger partial charge < -0.3 is 35.5 Å². The second-order valence-corrected chi connectivity index (χ2v) is 18.1. The summed E-state index contributed by atoms with van der Waals surface area (Å²) in [5.74, 6) is -1.52. The number of ether oxygens (including phenoxy) is 3. The van der Waals surface area contributed by atoms with Crippen molar-refractivity contribution in [1.29, 1.82) is 0 Å².